The van der Waals surface area contributed by atoms with Gasteiger partial charge in [-0.1, -0.05) is 24.0 Å². The Hall–Kier alpha value is -2.36. The van der Waals surface area contributed by atoms with Crippen molar-refractivity contribution in [2.24, 2.45) is 7.05 Å². The Balaban J connectivity index is 0.000000173. The van der Waals surface area contributed by atoms with E-state index in [-0.39, 0.29) is 20.1 Å². The van der Waals surface area contributed by atoms with Crippen molar-refractivity contribution in [3.8, 4) is 11.3 Å². The number of aromatic nitrogens is 2. The number of hydrogen-bond acceptors (Lipinski definition) is 3. The van der Waals surface area contributed by atoms with E-state index in [0.717, 1.165) is 23.6 Å². The van der Waals surface area contributed by atoms with Crippen LogP contribution in [0.3, 0.4) is 0 Å². The number of nitrogens with zero attached hydrogens (tertiary/aromatic N) is 4. The molecule has 0 bridgehead atoms. The quantitative estimate of drug-likeness (QED) is 0.495. The number of benzene rings is 1. The van der Waals surface area contributed by atoms with Crippen LogP contribution in [0.5, 0.6) is 0 Å². The second kappa shape index (κ2) is 9.21. The van der Waals surface area contributed by atoms with E-state index in [0.29, 0.717) is 0 Å². The van der Waals surface area contributed by atoms with Gasteiger partial charge in [-0.2, -0.15) is 6.07 Å². The van der Waals surface area contributed by atoms with Gasteiger partial charge in [0, 0.05) is 45.7 Å². The smallest absolute Gasteiger partial charge is 0.0916 e. The van der Waals surface area contributed by atoms with Gasteiger partial charge in [-0.15, -0.1) is 42.1 Å². The number of aryl methyl sites for hydroxylation is 1. The fourth-order valence-electron chi connectivity index (χ4n) is 2.36. The molecule has 0 atom stereocenters. The summed E-state index contributed by atoms with van der Waals surface area (Å²) in [6, 6.07) is 18.9. The molecule has 1 aromatic carbocycles. The summed E-state index contributed by atoms with van der Waals surface area (Å²) >= 11 is 0. The van der Waals surface area contributed by atoms with Gasteiger partial charge in [0.2, 0.25) is 0 Å². The molecule has 0 saturated carbocycles. The maximum atomic E-state index is 4.22. The molecule has 131 valence electrons. The SMILES string of the molecule is CN1C=CN(c2[c-]n(C)cc2)C1.[Ir].[c-]1ccccc1-c1ccccn1. The zero-order valence-electron chi connectivity index (χ0n) is 14.3. The summed E-state index contributed by atoms with van der Waals surface area (Å²) in [4.78, 5) is 8.50. The zero-order valence-corrected chi connectivity index (χ0v) is 16.7. The number of anilines is 1. The van der Waals surface area contributed by atoms with Crippen LogP contribution in [0.2, 0.25) is 0 Å². The third-order valence-corrected chi connectivity index (χ3v) is 3.58. The van der Waals surface area contributed by atoms with Crippen LogP contribution in [0.25, 0.3) is 11.3 Å². The minimum absolute atomic E-state index is 0. The topological polar surface area (TPSA) is 24.3 Å². The minimum atomic E-state index is 0. The van der Waals surface area contributed by atoms with Gasteiger partial charge < -0.3 is 19.4 Å². The van der Waals surface area contributed by atoms with Gasteiger partial charge in [-0.3, -0.25) is 0 Å². The molecule has 3 aromatic rings. The van der Waals surface area contributed by atoms with Crippen LogP contribution in [-0.2, 0) is 27.2 Å². The molecule has 1 radical (unpaired) electrons. The van der Waals surface area contributed by atoms with Gasteiger partial charge >= 0.3 is 0 Å². The zero-order chi connectivity index (χ0) is 16.8. The Morgan fingerprint density at radius 3 is 2.40 bits per heavy atom. The van der Waals surface area contributed by atoms with Crippen molar-refractivity contribution in [2.45, 2.75) is 0 Å². The van der Waals surface area contributed by atoms with Crippen molar-refractivity contribution in [1.29, 1.82) is 0 Å². The van der Waals surface area contributed by atoms with Crippen LogP contribution in [0.1, 0.15) is 0 Å². The molecule has 0 saturated heterocycles. The second-order valence-electron chi connectivity index (χ2n) is 5.58. The van der Waals surface area contributed by atoms with E-state index in [4.69, 9.17) is 0 Å². The molecule has 5 heteroatoms. The minimum Gasteiger partial charge on any atom is -0.472 e. The van der Waals surface area contributed by atoms with Crippen LogP contribution in [0.15, 0.2) is 73.3 Å². The van der Waals surface area contributed by atoms with E-state index >= 15 is 0 Å². The standard InChI is InChI=1S/C11H8N.C9H12N3.Ir/c1-2-6-10(7-3-1)11-8-4-5-9-12-11;1-10-4-3-9(7-10)12-6-5-11(2)8-12;/h1-6,8-9H;3-6H,8H2,1-2H3;/q2*-1;. The molecule has 0 fully saturated rings. The van der Waals surface area contributed by atoms with Crippen LogP contribution in [0.4, 0.5) is 5.69 Å². The largest absolute Gasteiger partial charge is 0.472 e. The summed E-state index contributed by atoms with van der Waals surface area (Å²) in [6.45, 7) is 0.917. The molecule has 1 aliphatic heterocycles. The number of hydrogen-bond donors (Lipinski definition) is 0. The first-order valence-electron chi connectivity index (χ1n) is 7.80. The molecule has 4 rings (SSSR count). The molecular weight excluding hydrogens is 488 g/mol. The van der Waals surface area contributed by atoms with Gasteiger partial charge in [0.25, 0.3) is 0 Å². The van der Waals surface area contributed by atoms with Crippen molar-refractivity contribution < 1.29 is 20.1 Å². The third-order valence-electron chi connectivity index (χ3n) is 3.58. The van der Waals surface area contributed by atoms with E-state index in [1.165, 1.54) is 0 Å². The maximum absolute atomic E-state index is 4.22. The van der Waals surface area contributed by atoms with Crippen LogP contribution >= 0.6 is 0 Å². The molecule has 3 heterocycles. The number of pyridine rings is 1. The maximum Gasteiger partial charge on any atom is 0.0916 e. The Morgan fingerprint density at radius 2 is 1.84 bits per heavy atom. The molecule has 25 heavy (non-hydrogen) atoms. The Labute approximate surface area is 162 Å². The Bertz CT molecular complexity index is 746. The van der Waals surface area contributed by atoms with Crippen LogP contribution < -0.4 is 4.90 Å². The predicted molar refractivity (Wildman–Crippen MR) is 97.0 cm³/mol. The van der Waals surface area contributed by atoms with Crippen molar-refractivity contribution in [3.63, 3.8) is 0 Å². The van der Waals surface area contributed by atoms with Gasteiger partial charge in [-0.05, 0) is 18.8 Å². The molecule has 0 aliphatic carbocycles. The van der Waals surface area contributed by atoms with Gasteiger partial charge in [-0.25, -0.2) is 0 Å². The van der Waals surface area contributed by atoms with Crippen LogP contribution in [0, 0.1) is 12.3 Å². The number of rotatable bonds is 2. The molecule has 0 N–H and O–H groups in total. The fourth-order valence-corrected chi connectivity index (χ4v) is 2.36. The average Bonchev–Trinajstić information content (AvgIpc) is 3.25. The van der Waals surface area contributed by atoms with Crippen molar-refractivity contribution >= 4 is 5.69 Å². The molecule has 2 aromatic heterocycles. The first-order chi connectivity index (χ1) is 11.7. The summed E-state index contributed by atoms with van der Waals surface area (Å²) in [6.07, 6.45) is 11.1. The normalized spacial score (nSPS) is 12.4. The summed E-state index contributed by atoms with van der Waals surface area (Å²) < 4.78 is 1.93. The third kappa shape index (κ3) is 5.31. The van der Waals surface area contributed by atoms with E-state index < -0.39 is 0 Å². The first-order valence-corrected chi connectivity index (χ1v) is 7.80. The summed E-state index contributed by atoms with van der Waals surface area (Å²) in [5.74, 6) is 0. The molecule has 0 amide bonds. The molecule has 0 unspecified atom stereocenters. The molecule has 4 nitrogen and oxygen atoms in total. The summed E-state index contributed by atoms with van der Waals surface area (Å²) in [5, 5.41) is 0. The Morgan fingerprint density at radius 1 is 1.00 bits per heavy atom. The fraction of sp³-hybridized carbons (Fsp3) is 0.150. The van der Waals surface area contributed by atoms with E-state index in [2.05, 4.69) is 52.6 Å². The second-order valence-corrected chi connectivity index (χ2v) is 5.58. The van der Waals surface area contributed by atoms with E-state index in [9.17, 15) is 0 Å². The average molecular weight is 509 g/mol. The molecule has 1 aliphatic rings. The van der Waals surface area contributed by atoms with E-state index in [1.54, 1.807) is 6.20 Å². The summed E-state index contributed by atoms with van der Waals surface area (Å²) in [5.41, 5.74) is 3.13. The monoisotopic (exact) mass is 509 g/mol. The van der Waals surface area contributed by atoms with Crippen LogP contribution in [-0.4, -0.2) is 28.2 Å². The van der Waals surface area contributed by atoms with Gasteiger partial charge in [0.15, 0.2) is 0 Å². The predicted octanol–water partition coefficient (Wildman–Crippen LogP) is 3.55. The van der Waals surface area contributed by atoms with Gasteiger partial charge in [0.1, 0.15) is 0 Å². The molecular formula is C20H20IrN4-2. The Kier molecular flexibility index (Phi) is 6.99. The summed E-state index contributed by atoms with van der Waals surface area (Å²) in [7, 11) is 4.03. The van der Waals surface area contributed by atoms with E-state index in [1.807, 2.05) is 60.3 Å². The van der Waals surface area contributed by atoms with Crippen molar-refractivity contribution in [3.05, 3.63) is 85.6 Å². The van der Waals surface area contributed by atoms with Crippen molar-refractivity contribution in [2.75, 3.05) is 18.6 Å². The molecule has 0 spiro atoms. The first kappa shape index (κ1) is 19.0. The van der Waals surface area contributed by atoms with Gasteiger partial charge in [0.05, 0.1) is 6.67 Å². The van der Waals surface area contributed by atoms with Crippen molar-refractivity contribution in [1.82, 2.24) is 14.5 Å².